The minimum atomic E-state index is 0.640. The average Bonchev–Trinajstić information content (AvgIpc) is 3.75. The van der Waals surface area contributed by atoms with Crippen molar-refractivity contribution in [3.63, 3.8) is 0 Å². The van der Waals surface area contributed by atoms with Crippen LogP contribution in [0.1, 0.15) is 0 Å². The summed E-state index contributed by atoms with van der Waals surface area (Å²) in [6, 6.07) is 76.9. The van der Waals surface area contributed by atoms with Gasteiger partial charge in [0.05, 0.1) is 11.2 Å². The summed E-state index contributed by atoms with van der Waals surface area (Å²) >= 11 is 1.87. The third kappa shape index (κ3) is 6.72. The number of hydrogen-bond donors (Lipinski definition) is 0. The number of thiophene rings is 1. The SMILES string of the molecule is c1ccc(-c2nc(-c3ccccc3)nc(-c3cccc(-c4cccc(-c5ccc(-c6ccc7sc8c(ccc9c(-c%10ccccc%10)nc%10ccccc%10c98)c7c6)cc5)c4)c3)n2)cc1. The van der Waals surface area contributed by atoms with Gasteiger partial charge in [0.15, 0.2) is 17.5 Å². The molecule has 9 aromatic carbocycles. The highest BCUT2D eigenvalue weighted by Gasteiger charge is 2.17. The molecule has 5 heteroatoms. The van der Waals surface area contributed by atoms with Gasteiger partial charge in [-0.25, -0.2) is 19.9 Å². The van der Waals surface area contributed by atoms with Gasteiger partial charge in [0, 0.05) is 58.6 Å². The summed E-state index contributed by atoms with van der Waals surface area (Å²) in [7, 11) is 0. The fourth-order valence-corrected chi connectivity index (χ4v) is 10.0. The lowest BCUT2D eigenvalue weighted by Crippen LogP contribution is -2.00. The minimum Gasteiger partial charge on any atom is -0.247 e. The molecule has 12 rings (SSSR count). The number of hydrogen-bond acceptors (Lipinski definition) is 5. The van der Waals surface area contributed by atoms with Crippen LogP contribution < -0.4 is 0 Å². The van der Waals surface area contributed by atoms with Gasteiger partial charge in [0.1, 0.15) is 0 Å². The van der Waals surface area contributed by atoms with E-state index in [-0.39, 0.29) is 0 Å². The summed E-state index contributed by atoms with van der Waals surface area (Å²) in [6.07, 6.45) is 0. The molecule has 3 heterocycles. The van der Waals surface area contributed by atoms with Crippen molar-refractivity contribution in [1.29, 1.82) is 0 Å². The lowest BCUT2D eigenvalue weighted by molar-refractivity contribution is 1.07. The van der Waals surface area contributed by atoms with Crippen LogP contribution in [-0.4, -0.2) is 19.9 Å². The van der Waals surface area contributed by atoms with Crippen molar-refractivity contribution < 1.29 is 0 Å². The molecule has 294 valence electrons. The summed E-state index contributed by atoms with van der Waals surface area (Å²) in [6.45, 7) is 0. The molecule has 0 aliphatic carbocycles. The fraction of sp³-hybridized carbons (Fsp3) is 0. The van der Waals surface area contributed by atoms with E-state index in [9.17, 15) is 0 Å². The Hall–Kier alpha value is -8.12. The first-order valence-corrected chi connectivity index (χ1v) is 21.9. The van der Waals surface area contributed by atoms with Crippen LogP contribution in [0.5, 0.6) is 0 Å². The van der Waals surface area contributed by atoms with Crippen LogP contribution >= 0.6 is 11.3 Å². The van der Waals surface area contributed by atoms with Gasteiger partial charge in [-0.1, -0.05) is 188 Å². The molecular formula is C58H36N4S. The first-order chi connectivity index (χ1) is 31.2. The van der Waals surface area contributed by atoms with Crippen molar-refractivity contribution >= 4 is 53.2 Å². The van der Waals surface area contributed by atoms with Crippen molar-refractivity contribution in [2.24, 2.45) is 0 Å². The Morgan fingerprint density at radius 2 is 0.730 bits per heavy atom. The van der Waals surface area contributed by atoms with E-state index in [1.54, 1.807) is 0 Å². The zero-order valence-corrected chi connectivity index (χ0v) is 34.8. The van der Waals surface area contributed by atoms with Crippen molar-refractivity contribution in [2.75, 3.05) is 0 Å². The summed E-state index contributed by atoms with van der Waals surface area (Å²) in [5, 5.41) is 6.21. The van der Waals surface area contributed by atoms with Gasteiger partial charge in [0.25, 0.3) is 0 Å². The Morgan fingerprint density at radius 1 is 0.270 bits per heavy atom. The molecule has 0 unspecified atom stereocenters. The molecule has 0 aliphatic rings. The highest BCUT2D eigenvalue weighted by atomic mass is 32.1. The second-order valence-corrected chi connectivity index (χ2v) is 16.9. The molecule has 0 atom stereocenters. The number of rotatable bonds is 7. The number of benzene rings is 9. The van der Waals surface area contributed by atoms with E-state index < -0.39 is 0 Å². The lowest BCUT2D eigenvalue weighted by Gasteiger charge is -2.11. The topological polar surface area (TPSA) is 51.6 Å². The largest absolute Gasteiger partial charge is 0.247 e. The number of fused-ring (bicyclic) bond motifs is 7. The van der Waals surface area contributed by atoms with Crippen LogP contribution in [0.4, 0.5) is 0 Å². The summed E-state index contributed by atoms with van der Waals surface area (Å²) in [5.74, 6) is 1.94. The monoisotopic (exact) mass is 820 g/mol. The standard InChI is InChI=1S/C58H36N4S/c1-4-14-39(15-5-1)54-49-32-31-47-50-36-45(30-33-52(50)63-55(47)53(49)48-24-10-11-25-51(48)59-54)38-28-26-37(27-29-38)42-20-12-21-43(34-42)44-22-13-23-46(35-44)58-61-56(40-16-6-2-7-17-40)60-57(62-58)41-18-8-3-9-19-41/h1-36H. The molecule has 0 bridgehead atoms. The molecule has 63 heavy (non-hydrogen) atoms. The van der Waals surface area contributed by atoms with Gasteiger partial charge in [-0.3, -0.25) is 0 Å². The van der Waals surface area contributed by atoms with E-state index in [4.69, 9.17) is 19.9 Å². The number of nitrogens with zero attached hydrogens (tertiary/aromatic N) is 4. The van der Waals surface area contributed by atoms with Gasteiger partial charge in [-0.05, 0) is 63.7 Å². The van der Waals surface area contributed by atoms with Gasteiger partial charge in [-0.2, -0.15) is 0 Å². The summed E-state index contributed by atoms with van der Waals surface area (Å²) in [4.78, 5) is 20.0. The van der Waals surface area contributed by atoms with Crippen molar-refractivity contribution in [2.45, 2.75) is 0 Å². The third-order valence-corrected chi connectivity index (χ3v) is 13.1. The van der Waals surface area contributed by atoms with Crippen LogP contribution in [0.3, 0.4) is 0 Å². The first kappa shape index (κ1) is 36.7. The Kier molecular flexibility index (Phi) is 8.98. The lowest BCUT2D eigenvalue weighted by atomic mass is 9.95. The number of para-hydroxylation sites is 1. The molecule has 0 amide bonds. The molecule has 0 N–H and O–H groups in total. The zero-order valence-electron chi connectivity index (χ0n) is 34.0. The second kappa shape index (κ2) is 15.4. The molecule has 0 saturated heterocycles. The molecule has 0 fully saturated rings. The van der Waals surface area contributed by atoms with E-state index in [1.807, 2.05) is 72.0 Å². The molecule has 0 aliphatic heterocycles. The summed E-state index contributed by atoms with van der Waals surface area (Å²) < 4.78 is 2.59. The predicted molar refractivity (Wildman–Crippen MR) is 264 cm³/mol. The highest BCUT2D eigenvalue weighted by Crippen LogP contribution is 2.44. The molecule has 3 aromatic heterocycles. The average molecular weight is 821 g/mol. The molecule has 4 nitrogen and oxygen atoms in total. The molecule has 12 aromatic rings. The van der Waals surface area contributed by atoms with Crippen molar-refractivity contribution in [3.05, 3.63) is 218 Å². The van der Waals surface area contributed by atoms with E-state index in [2.05, 4.69) is 158 Å². The van der Waals surface area contributed by atoms with E-state index >= 15 is 0 Å². The summed E-state index contributed by atoms with van der Waals surface area (Å²) in [5.41, 5.74) is 12.9. The van der Waals surface area contributed by atoms with E-state index in [0.717, 1.165) is 55.7 Å². The van der Waals surface area contributed by atoms with Crippen LogP contribution in [0.25, 0.3) is 121 Å². The Labute approximate surface area is 368 Å². The van der Waals surface area contributed by atoms with Crippen LogP contribution in [0, 0.1) is 0 Å². The smallest absolute Gasteiger partial charge is 0.164 e. The molecule has 0 spiro atoms. The second-order valence-electron chi connectivity index (χ2n) is 15.8. The highest BCUT2D eigenvalue weighted by molar-refractivity contribution is 7.26. The Morgan fingerprint density at radius 3 is 1.37 bits per heavy atom. The van der Waals surface area contributed by atoms with Crippen LogP contribution in [0.2, 0.25) is 0 Å². The molecule has 0 saturated carbocycles. The van der Waals surface area contributed by atoms with Crippen molar-refractivity contribution in [3.8, 4) is 78.8 Å². The van der Waals surface area contributed by atoms with E-state index in [0.29, 0.717) is 17.5 Å². The van der Waals surface area contributed by atoms with Crippen LogP contribution in [0.15, 0.2) is 218 Å². The third-order valence-electron chi connectivity index (χ3n) is 11.9. The predicted octanol–water partition coefficient (Wildman–Crippen LogP) is 15.6. The molecular weight excluding hydrogens is 785 g/mol. The fourth-order valence-electron chi connectivity index (χ4n) is 8.77. The van der Waals surface area contributed by atoms with Gasteiger partial charge < -0.3 is 0 Å². The van der Waals surface area contributed by atoms with Crippen molar-refractivity contribution in [1.82, 2.24) is 19.9 Å². The van der Waals surface area contributed by atoms with Gasteiger partial charge >= 0.3 is 0 Å². The maximum atomic E-state index is 5.17. The first-order valence-electron chi connectivity index (χ1n) is 21.1. The maximum absolute atomic E-state index is 5.17. The number of aromatic nitrogens is 4. The quantitative estimate of drug-likeness (QED) is 0.150. The normalized spacial score (nSPS) is 11.5. The van der Waals surface area contributed by atoms with E-state index in [1.165, 1.54) is 47.5 Å². The Balaban J connectivity index is 0.872. The van der Waals surface area contributed by atoms with Crippen LogP contribution in [-0.2, 0) is 0 Å². The minimum absolute atomic E-state index is 0.640. The Bertz CT molecular complexity index is 3600. The maximum Gasteiger partial charge on any atom is 0.164 e. The zero-order chi connectivity index (χ0) is 41.7. The molecule has 0 radical (unpaired) electrons. The van der Waals surface area contributed by atoms with Gasteiger partial charge in [0.2, 0.25) is 0 Å². The van der Waals surface area contributed by atoms with Gasteiger partial charge in [-0.15, -0.1) is 11.3 Å². The number of pyridine rings is 1.